The van der Waals surface area contributed by atoms with Gasteiger partial charge in [-0.1, -0.05) is 417 Å². The summed E-state index contributed by atoms with van der Waals surface area (Å²) in [4.78, 5) is 24.7. The summed E-state index contributed by atoms with van der Waals surface area (Å²) in [5.74, 6) is -0.605. The van der Waals surface area contributed by atoms with E-state index in [1.165, 1.54) is 238 Å². The van der Waals surface area contributed by atoms with E-state index in [1.54, 1.807) is 0 Å². The topological polar surface area (TPSA) is 72.8 Å². The summed E-state index contributed by atoms with van der Waals surface area (Å²) in [5.41, 5.74) is 0. The van der Waals surface area contributed by atoms with Crippen LogP contribution in [-0.2, 0) is 19.1 Å². The highest BCUT2D eigenvalue weighted by Gasteiger charge is 2.16. The molecule has 534 valence electrons. The summed E-state index contributed by atoms with van der Waals surface area (Å²) < 4.78 is 10.8. The number of carbonyl (C=O) groups excluding carboxylic acids is 2. The molecule has 1 atom stereocenters. The third kappa shape index (κ3) is 80.4. The van der Waals surface area contributed by atoms with Gasteiger partial charge in [-0.15, -0.1) is 0 Å². The van der Waals surface area contributed by atoms with Crippen molar-refractivity contribution in [3.8, 4) is 0 Å². The molecule has 5 heteroatoms. The predicted molar refractivity (Wildman–Crippen MR) is 412 cm³/mol. The van der Waals surface area contributed by atoms with Gasteiger partial charge >= 0.3 is 11.9 Å². The van der Waals surface area contributed by atoms with Gasteiger partial charge in [0.15, 0.2) is 6.10 Å². The lowest BCUT2D eigenvalue weighted by molar-refractivity contribution is -0.161. The van der Waals surface area contributed by atoms with Crippen LogP contribution in [0.5, 0.6) is 0 Å². The molecule has 0 aliphatic carbocycles. The molecule has 0 saturated heterocycles. The van der Waals surface area contributed by atoms with E-state index in [4.69, 9.17) is 9.47 Å². The van der Waals surface area contributed by atoms with E-state index >= 15 is 0 Å². The first-order valence-corrected chi connectivity index (χ1v) is 40.2. The van der Waals surface area contributed by atoms with Crippen LogP contribution in [0, 0.1) is 0 Å². The van der Waals surface area contributed by atoms with E-state index in [1.807, 2.05) is 0 Å². The minimum atomic E-state index is -0.792. The fourth-order valence-electron chi connectivity index (χ4n) is 11.7. The second-order valence-corrected chi connectivity index (χ2v) is 26.8. The first kappa shape index (κ1) is 89.0. The zero-order valence-corrected chi connectivity index (χ0v) is 61.5. The average Bonchev–Trinajstić information content (AvgIpc) is 3.62. The number of hydrogen-bond acceptors (Lipinski definition) is 5. The van der Waals surface area contributed by atoms with Crippen molar-refractivity contribution in [3.63, 3.8) is 0 Å². The van der Waals surface area contributed by atoms with Crippen molar-refractivity contribution in [1.29, 1.82) is 0 Å². The Morgan fingerprint density at radius 3 is 0.699 bits per heavy atom. The van der Waals surface area contributed by atoms with E-state index in [-0.39, 0.29) is 25.2 Å². The smallest absolute Gasteiger partial charge is 0.306 e. The highest BCUT2D eigenvalue weighted by molar-refractivity contribution is 5.70. The molecule has 0 bridgehead atoms. The number of ether oxygens (including phenoxy) is 2. The van der Waals surface area contributed by atoms with Crippen LogP contribution in [0.2, 0.25) is 0 Å². The van der Waals surface area contributed by atoms with Gasteiger partial charge in [-0.05, 0) is 96.3 Å². The van der Waals surface area contributed by atoms with E-state index in [9.17, 15) is 14.7 Å². The second-order valence-electron chi connectivity index (χ2n) is 26.8. The molecule has 0 aromatic rings. The van der Waals surface area contributed by atoms with Gasteiger partial charge in [0.05, 0.1) is 6.61 Å². The van der Waals surface area contributed by atoms with Crippen molar-refractivity contribution in [1.82, 2.24) is 0 Å². The minimum absolute atomic E-state index is 0.0776. The number of aliphatic hydroxyl groups excluding tert-OH is 1. The monoisotopic (exact) mass is 1290 g/mol. The Morgan fingerprint density at radius 1 is 0.258 bits per heavy atom. The van der Waals surface area contributed by atoms with E-state index < -0.39 is 6.10 Å². The molecule has 1 N–H and O–H groups in total. The van der Waals surface area contributed by atoms with Crippen LogP contribution in [0.3, 0.4) is 0 Å². The summed E-state index contributed by atoms with van der Waals surface area (Å²) in [7, 11) is 0. The maximum absolute atomic E-state index is 12.4. The molecule has 0 heterocycles. The van der Waals surface area contributed by atoms with Crippen molar-refractivity contribution < 1.29 is 24.2 Å². The molecule has 0 aliphatic heterocycles. The summed E-state index contributed by atoms with van der Waals surface area (Å²) in [5, 5.41) is 9.72. The highest BCUT2D eigenvalue weighted by atomic mass is 16.6. The quantitative estimate of drug-likeness (QED) is 0.0373. The Morgan fingerprint density at radius 2 is 0.462 bits per heavy atom. The zero-order valence-electron chi connectivity index (χ0n) is 61.5. The number of aliphatic hydroxyl groups is 1. The summed E-state index contributed by atoms with van der Waals surface area (Å²) in [6.45, 7) is 4.05. The maximum Gasteiger partial charge on any atom is 0.306 e. The lowest BCUT2D eigenvalue weighted by Crippen LogP contribution is -2.28. The molecule has 1 unspecified atom stereocenters. The summed E-state index contributed by atoms with van der Waals surface area (Å²) in [6, 6.07) is 0. The Balaban J connectivity index is 3.49. The third-order valence-corrected chi connectivity index (χ3v) is 17.7. The van der Waals surface area contributed by atoms with E-state index in [2.05, 4.69) is 148 Å². The van der Waals surface area contributed by atoms with Crippen LogP contribution in [-0.4, -0.2) is 36.4 Å². The Hall–Kier alpha value is -3.96. The summed E-state index contributed by atoms with van der Waals surface area (Å²) in [6.07, 6.45) is 123. The van der Waals surface area contributed by atoms with E-state index in [0.717, 1.165) is 128 Å². The molecule has 0 saturated carbocycles. The van der Waals surface area contributed by atoms with Crippen molar-refractivity contribution in [2.75, 3.05) is 13.2 Å². The molecule has 0 fully saturated rings. The lowest BCUT2D eigenvalue weighted by Gasteiger charge is -2.15. The normalized spacial score (nSPS) is 12.9. The van der Waals surface area contributed by atoms with E-state index in [0.29, 0.717) is 12.8 Å². The predicted octanol–water partition coefficient (Wildman–Crippen LogP) is 28.6. The van der Waals surface area contributed by atoms with Gasteiger partial charge in [0.2, 0.25) is 0 Å². The molecule has 93 heavy (non-hydrogen) atoms. The number of rotatable bonds is 74. The fourth-order valence-corrected chi connectivity index (χ4v) is 11.7. The Kier molecular flexibility index (Phi) is 78.8. The second kappa shape index (κ2) is 82.3. The molecular weight excluding hydrogens is 1140 g/mol. The number of hydrogen-bond donors (Lipinski definition) is 1. The molecule has 0 aromatic carbocycles. The zero-order chi connectivity index (χ0) is 66.8. The molecule has 0 amide bonds. The Bertz CT molecular complexity index is 1850. The minimum Gasteiger partial charge on any atom is -0.462 e. The number of esters is 2. The molecule has 5 nitrogen and oxygen atoms in total. The standard InChI is InChI=1S/C88H152O5/c1-3-5-7-9-11-13-15-17-19-21-23-25-27-29-31-33-35-37-39-41-43-45-46-48-50-52-54-56-58-60-62-64-66-68-70-72-74-76-78-80-82-87(90)92-85-86(84-89)93-88(91)83-81-79-77-75-73-71-69-67-65-63-61-59-57-55-53-51-49-47-44-42-40-38-36-34-32-30-28-26-24-22-20-18-16-14-12-10-8-6-4-2/h6,8,12,14,18,20,24,26,30,32,36,38,42,44,49,51,55,57,61,63,67,69,86,89H,3-5,7,9-11,13,15-17,19,21-23,25,27-29,31,33-35,37,39-41,43,45-48,50,52-54,56,58-60,62,64-66,68,70-85H2,1-2H3/b8-6-,14-12-,20-18-,26-24-,32-30-,38-36-,44-42-,51-49-,57-55-,63-61-,69-67-. The van der Waals surface area contributed by atoms with Gasteiger partial charge in [0, 0.05) is 12.8 Å². The van der Waals surface area contributed by atoms with Crippen LogP contribution in [0.25, 0.3) is 0 Å². The molecule has 0 spiro atoms. The largest absolute Gasteiger partial charge is 0.462 e. The third-order valence-electron chi connectivity index (χ3n) is 17.7. The van der Waals surface area contributed by atoms with Gasteiger partial charge in [-0.2, -0.15) is 0 Å². The van der Waals surface area contributed by atoms with Gasteiger partial charge in [0.1, 0.15) is 6.61 Å². The number of allylic oxidation sites excluding steroid dienone is 22. The first-order valence-electron chi connectivity index (χ1n) is 40.2. The van der Waals surface area contributed by atoms with Crippen molar-refractivity contribution >= 4 is 11.9 Å². The van der Waals surface area contributed by atoms with Gasteiger partial charge in [0.25, 0.3) is 0 Å². The molecule has 0 rings (SSSR count). The van der Waals surface area contributed by atoms with Crippen LogP contribution >= 0.6 is 0 Å². The van der Waals surface area contributed by atoms with Crippen molar-refractivity contribution in [2.24, 2.45) is 0 Å². The van der Waals surface area contributed by atoms with Crippen LogP contribution in [0.15, 0.2) is 134 Å². The summed E-state index contributed by atoms with van der Waals surface area (Å²) >= 11 is 0. The lowest BCUT2D eigenvalue weighted by atomic mass is 10.0. The average molecular weight is 1290 g/mol. The van der Waals surface area contributed by atoms with Crippen LogP contribution in [0.1, 0.15) is 393 Å². The molecule has 0 aliphatic rings. The van der Waals surface area contributed by atoms with Crippen LogP contribution in [0.4, 0.5) is 0 Å². The number of unbranched alkanes of at least 4 members (excludes halogenated alkanes) is 44. The fraction of sp³-hybridized carbons (Fsp3) is 0.727. The van der Waals surface area contributed by atoms with Gasteiger partial charge in [-0.3, -0.25) is 9.59 Å². The SMILES string of the molecule is CC/C=C\C/C=C\C/C=C\C/C=C\C/C=C\C/C=C\C/C=C\C/C=C\C/C=C\C/C=C\C/C=C\CCCCCCCC(=O)OC(CO)COC(=O)CCCCCCCCCCCCCCCCCCCCCCCCCCCCCCCCCCCCCCCCCC. The highest BCUT2D eigenvalue weighted by Crippen LogP contribution is 2.19. The number of carbonyl (C=O) groups is 2. The maximum atomic E-state index is 12.4. The Labute approximate surface area is 578 Å². The van der Waals surface area contributed by atoms with Crippen molar-refractivity contribution in [2.45, 2.75) is 399 Å². The van der Waals surface area contributed by atoms with Crippen LogP contribution < -0.4 is 0 Å². The molecule has 0 aromatic heterocycles. The first-order chi connectivity index (χ1) is 46.1. The van der Waals surface area contributed by atoms with Gasteiger partial charge < -0.3 is 14.6 Å². The van der Waals surface area contributed by atoms with Gasteiger partial charge in [-0.25, -0.2) is 0 Å². The van der Waals surface area contributed by atoms with Crippen molar-refractivity contribution in [3.05, 3.63) is 134 Å². The molecule has 0 radical (unpaired) electrons. The molecular formula is C88H152O5.